The van der Waals surface area contributed by atoms with Crippen molar-refractivity contribution in [2.75, 3.05) is 20.3 Å². The molecule has 7 nitrogen and oxygen atoms in total. The highest BCUT2D eigenvalue weighted by Crippen LogP contribution is 2.28. The fourth-order valence-electron chi connectivity index (χ4n) is 2.94. The van der Waals surface area contributed by atoms with Crippen LogP contribution in [0.1, 0.15) is 27.3 Å². The van der Waals surface area contributed by atoms with Crippen LogP contribution in [0.25, 0.3) is 6.08 Å². The Labute approximate surface area is 175 Å². The number of allylic oxidation sites excluding steroid dienone is 1. The van der Waals surface area contributed by atoms with E-state index < -0.39 is 5.97 Å². The summed E-state index contributed by atoms with van der Waals surface area (Å²) in [4.78, 5) is 24.4. The number of hydrogen-bond acceptors (Lipinski definition) is 6. The molecule has 0 aliphatic rings. The number of hydrogen-bond donors (Lipinski definition) is 0. The van der Waals surface area contributed by atoms with Crippen molar-refractivity contribution in [1.82, 2.24) is 4.57 Å². The number of ketones is 1. The lowest BCUT2D eigenvalue weighted by Gasteiger charge is -2.08. The van der Waals surface area contributed by atoms with E-state index in [1.165, 1.54) is 13.2 Å². The van der Waals surface area contributed by atoms with E-state index in [0.29, 0.717) is 29.2 Å². The molecule has 0 aliphatic heterocycles. The fraction of sp³-hybridized carbons (Fsp3) is 0.261. The maximum absolute atomic E-state index is 12.4. The molecule has 0 spiro atoms. The van der Waals surface area contributed by atoms with Crippen molar-refractivity contribution in [3.63, 3.8) is 0 Å². The molecule has 0 bridgehead atoms. The van der Waals surface area contributed by atoms with Crippen LogP contribution in [0.15, 0.2) is 43.0 Å². The van der Waals surface area contributed by atoms with Crippen LogP contribution in [-0.4, -0.2) is 36.6 Å². The van der Waals surface area contributed by atoms with Crippen LogP contribution in [0.3, 0.4) is 0 Å². The minimum Gasteiger partial charge on any atom is -0.493 e. The number of carbonyl (C=O) groups is 2. The molecule has 0 amide bonds. The number of rotatable bonds is 10. The number of Topliss-reactive ketones (excluding diaryl/α,β-unsaturated/α-hetero) is 1. The Morgan fingerprint density at radius 1 is 1.23 bits per heavy atom. The summed E-state index contributed by atoms with van der Waals surface area (Å²) in [6.45, 7) is 7.65. The molecular weight excluding hydrogens is 384 g/mol. The number of nitrogens with zero attached hydrogens (tertiary/aromatic N) is 2. The number of benzene rings is 1. The largest absolute Gasteiger partial charge is 0.493 e. The van der Waals surface area contributed by atoms with E-state index in [-0.39, 0.29) is 19.0 Å². The Balaban J connectivity index is 1.98. The topological polar surface area (TPSA) is 90.5 Å². The Bertz CT molecular complexity index is 1010. The molecule has 7 heteroatoms. The van der Waals surface area contributed by atoms with Crippen molar-refractivity contribution in [3.05, 3.63) is 65.5 Å². The number of ether oxygens (including phenoxy) is 3. The molecule has 156 valence electrons. The van der Waals surface area contributed by atoms with Gasteiger partial charge in [-0.1, -0.05) is 12.1 Å². The zero-order chi connectivity index (χ0) is 22.1. The Kier molecular flexibility index (Phi) is 8.00. The molecule has 2 rings (SSSR count). The first kappa shape index (κ1) is 22.5. The number of carbonyl (C=O) groups excluding carboxylic acids is 2. The molecule has 1 heterocycles. The zero-order valence-corrected chi connectivity index (χ0v) is 17.3. The van der Waals surface area contributed by atoms with Gasteiger partial charge < -0.3 is 18.8 Å². The molecule has 2 aromatic rings. The molecule has 1 aromatic heterocycles. The average Bonchev–Trinajstić information content (AvgIpc) is 3.03. The van der Waals surface area contributed by atoms with Gasteiger partial charge in [0, 0.05) is 29.6 Å². The van der Waals surface area contributed by atoms with Crippen LogP contribution in [0.2, 0.25) is 0 Å². The minimum absolute atomic E-state index is 0.0954. The summed E-state index contributed by atoms with van der Waals surface area (Å²) in [6.07, 6.45) is 4.54. The number of aromatic nitrogens is 1. The quantitative estimate of drug-likeness (QED) is 0.258. The van der Waals surface area contributed by atoms with Crippen molar-refractivity contribution in [1.29, 1.82) is 5.26 Å². The highest BCUT2D eigenvalue weighted by molar-refractivity contribution is 6.00. The van der Waals surface area contributed by atoms with E-state index in [4.69, 9.17) is 19.5 Å². The molecule has 0 N–H and O–H groups in total. The standard InChI is InChI=1S/C23H24N2O5/c1-5-11-25-16(2)13-19(17(25)3)20(26)15-30-23(27)9-7-18-6-8-21(29-12-10-24)22(14-18)28-4/h5-9,13-14H,1,11-12,15H2,2-4H3/b9-7+. The third kappa shape index (κ3) is 5.61. The lowest BCUT2D eigenvalue weighted by molar-refractivity contribution is -0.136. The summed E-state index contributed by atoms with van der Waals surface area (Å²) in [5, 5.41) is 8.60. The van der Waals surface area contributed by atoms with Gasteiger partial charge in [-0.3, -0.25) is 4.79 Å². The molecule has 0 radical (unpaired) electrons. The van der Waals surface area contributed by atoms with E-state index in [0.717, 1.165) is 11.4 Å². The summed E-state index contributed by atoms with van der Waals surface area (Å²) >= 11 is 0. The molecule has 0 unspecified atom stereocenters. The van der Waals surface area contributed by atoms with Gasteiger partial charge in [-0.25, -0.2) is 4.79 Å². The van der Waals surface area contributed by atoms with Crippen LogP contribution >= 0.6 is 0 Å². The molecule has 0 saturated carbocycles. The summed E-state index contributed by atoms with van der Waals surface area (Å²) in [7, 11) is 1.48. The molecule has 1 aromatic carbocycles. The van der Waals surface area contributed by atoms with Gasteiger partial charge in [0.05, 0.1) is 7.11 Å². The third-order valence-corrected chi connectivity index (χ3v) is 4.42. The second-order valence-corrected chi connectivity index (χ2v) is 6.41. The number of methoxy groups -OCH3 is 1. The van der Waals surface area contributed by atoms with Crippen molar-refractivity contribution < 1.29 is 23.8 Å². The maximum atomic E-state index is 12.4. The SMILES string of the molecule is C=CCn1c(C)cc(C(=O)COC(=O)/C=C/c2ccc(OCC#N)c(OC)c2)c1C. The van der Waals surface area contributed by atoms with E-state index >= 15 is 0 Å². The first-order valence-electron chi connectivity index (χ1n) is 9.24. The summed E-state index contributed by atoms with van der Waals surface area (Å²) in [5.74, 6) is -0.0305. The average molecular weight is 408 g/mol. The van der Waals surface area contributed by atoms with Gasteiger partial charge >= 0.3 is 5.97 Å². The van der Waals surface area contributed by atoms with E-state index in [2.05, 4.69) is 6.58 Å². The maximum Gasteiger partial charge on any atom is 0.331 e. The summed E-state index contributed by atoms with van der Waals surface area (Å²) < 4.78 is 17.5. The molecule has 0 atom stereocenters. The van der Waals surface area contributed by atoms with Gasteiger partial charge in [0.1, 0.15) is 6.07 Å². The van der Waals surface area contributed by atoms with Crippen LogP contribution < -0.4 is 9.47 Å². The first-order valence-corrected chi connectivity index (χ1v) is 9.24. The van der Waals surface area contributed by atoms with E-state index in [9.17, 15) is 9.59 Å². The van der Waals surface area contributed by atoms with Crippen LogP contribution in [-0.2, 0) is 16.1 Å². The zero-order valence-electron chi connectivity index (χ0n) is 17.3. The third-order valence-electron chi connectivity index (χ3n) is 4.42. The second-order valence-electron chi connectivity index (χ2n) is 6.41. The number of aryl methyl sites for hydroxylation is 1. The monoisotopic (exact) mass is 408 g/mol. The normalized spacial score (nSPS) is 10.5. The predicted octanol–water partition coefficient (Wildman–Crippen LogP) is 3.64. The molecule has 0 fully saturated rings. The summed E-state index contributed by atoms with van der Waals surface area (Å²) in [6, 6.07) is 8.68. The Morgan fingerprint density at radius 2 is 2.00 bits per heavy atom. The van der Waals surface area contributed by atoms with Crippen LogP contribution in [0.5, 0.6) is 11.5 Å². The predicted molar refractivity (Wildman–Crippen MR) is 113 cm³/mol. The minimum atomic E-state index is -0.632. The highest BCUT2D eigenvalue weighted by Gasteiger charge is 2.16. The van der Waals surface area contributed by atoms with Gasteiger partial charge in [-0.05, 0) is 43.7 Å². The number of esters is 1. The van der Waals surface area contributed by atoms with Crippen LogP contribution in [0.4, 0.5) is 0 Å². The smallest absolute Gasteiger partial charge is 0.331 e. The van der Waals surface area contributed by atoms with Crippen molar-refractivity contribution >= 4 is 17.8 Å². The van der Waals surface area contributed by atoms with Gasteiger partial charge in [-0.2, -0.15) is 5.26 Å². The lowest BCUT2D eigenvalue weighted by atomic mass is 10.1. The number of nitriles is 1. The van der Waals surface area contributed by atoms with Crippen molar-refractivity contribution in [2.45, 2.75) is 20.4 Å². The Hall–Kier alpha value is -3.79. The van der Waals surface area contributed by atoms with E-state index in [1.54, 1.807) is 36.4 Å². The Morgan fingerprint density at radius 3 is 2.67 bits per heavy atom. The second kappa shape index (κ2) is 10.7. The summed E-state index contributed by atoms with van der Waals surface area (Å²) in [5.41, 5.74) is 2.96. The van der Waals surface area contributed by atoms with Gasteiger partial charge in [0.15, 0.2) is 24.7 Å². The molecule has 0 saturated heterocycles. The first-order chi connectivity index (χ1) is 14.4. The molecule has 30 heavy (non-hydrogen) atoms. The van der Waals surface area contributed by atoms with Crippen molar-refractivity contribution in [3.8, 4) is 17.6 Å². The van der Waals surface area contributed by atoms with Crippen LogP contribution in [0, 0.1) is 25.2 Å². The highest BCUT2D eigenvalue weighted by atomic mass is 16.5. The molecular formula is C23H24N2O5. The van der Waals surface area contributed by atoms with Gasteiger partial charge in [-0.15, -0.1) is 6.58 Å². The van der Waals surface area contributed by atoms with Gasteiger partial charge in [0.2, 0.25) is 5.78 Å². The molecule has 0 aliphatic carbocycles. The van der Waals surface area contributed by atoms with Crippen molar-refractivity contribution in [2.24, 2.45) is 0 Å². The van der Waals surface area contributed by atoms with E-state index in [1.807, 2.05) is 24.5 Å². The fourth-order valence-corrected chi connectivity index (χ4v) is 2.94. The lowest BCUT2D eigenvalue weighted by Crippen LogP contribution is -2.13. The van der Waals surface area contributed by atoms with Gasteiger partial charge in [0.25, 0.3) is 0 Å².